The van der Waals surface area contributed by atoms with Gasteiger partial charge in [-0.1, -0.05) is 12.1 Å². The van der Waals surface area contributed by atoms with Gasteiger partial charge in [0.2, 0.25) is 5.91 Å². The van der Waals surface area contributed by atoms with E-state index in [0.29, 0.717) is 25.4 Å². The van der Waals surface area contributed by atoms with E-state index < -0.39 is 4.92 Å². The van der Waals surface area contributed by atoms with Crippen molar-refractivity contribution in [1.82, 2.24) is 10.6 Å². The van der Waals surface area contributed by atoms with Crippen molar-refractivity contribution in [3.63, 3.8) is 0 Å². The fraction of sp³-hybridized carbons (Fsp3) is 0.500. The molecule has 1 saturated carbocycles. The third kappa shape index (κ3) is 4.97. The quantitative estimate of drug-likeness (QED) is 0.555. The molecule has 2 rings (SSSR count). The predicted molar refractivity (Wildman–Crippen MR) is 75.5 cm³/mol. The molecule has 6 nitrogen and oxygen atoms in total. The number of non-ortho nitro benzene ring substituents is 1. The summed E-state index contributed by atoms with van der Waals surface area (Å²) in [6, 6.07) is 7.04. The van der Waals surface area contributed by atoms with Crippen molar-refractivity contribution in [3.05, 3.63) is 39.9 Å². The molecule has 0 saturated heterocycles. The van der Waals surface area contributed by atoms with E-state index in [4.69, 9.17) is 0 Å². The Morgan fingerprint density at radius 1 is 1.25 bits per heavy atom. The van der Waals surface area contributed by atoms with E-state index in [1.165, 1.54) is 25.0 Å². The highest BCUT2D eigenvalue weighted by Crippen LogP contribution is 2.18. The molecule has 20 heavy (non-hydrogen) atoms. The molecule has 0 unspecified atom stereocenters. The lowest BCUT2D eigenvalue weighted by Gasteiger charge is -2.06. The molecule has 0 aliphatic heterocycles. The molecule has 1 aromatic rings. The van der Waals surface area contributed by atoms with Crippen LogP contribution in [0.4, 0.5) is 5.69 Å². The zero-order valence-corrected chi connectivity index (χ0v) is 11.3. The Labute approximate surface area is 117 Å². The van der Waals surface area contributed by atoms with Crippen LogP contribution in [0, 0.1) is 10.1 Å². The van der Waals surface area contributed by atoms with Crippen LogP contribution in [-0.4, -0.2) is 30.0 Å². The van der Waals surface area contributed by atoms with Gasteiger partial charge in [0.05, 0.1) is 4.92 Å². The number of nitro groups is 1. The molecule has 0 radical (unpaired) electrons. The average molecular weight is 277 g/mol. The van der Waals surface area contributed by atoms with Gasteiger partial charge in [0.15, 0.2) is 0 Å². The Balaban J connectivity index is 1.61. The van der Waals surface area contributed by atoms with Crippen molar-refractivity contribution >= 4 is 11.6 Å². The summed E-state index contributed by atoms with van der Waals surface area (Å²) in [6.45, 7) is 1.29. The molecule has 0 bridgehead atoms. The maximum absolute atomic E-state index is 11.5. The Morgan fingerprint density at radius 2 is 1.95 bits per heavy atom. The SMILES string of the molecule is O=C(CCNC1CC1)NCCc1ccc([N+](=O)[O-])cc1. The molecule has 0 aromatic heterocycles. The standard InChI is InChI=1S/C14H19N3O3/c18-14(8-10-15-12-3-4-12)16-9-7-11-1-5-13(6-2-11)17(19)20/h1-2,5-6,12,15H,3-4,7-10H2,(H,16,18). The first-order valence-electron chi connectivity index (χ1n) is 6.88. The van der Waals surface area contributed by atoms with Crippen LogP contribution in [0.1, 0.15) is 24.8 Å². The Bertz CT molecular complexity index is 469. The van der Waals surface area contributed by atoms with Gasteiger partial charge >= 0.3 is 0 Å². The fourth-order valence-electron chi connectivity index (χ4n) is 1.90. The highest BCUT2D eigenvalue weighted by atomic mass is 16.6. The van der Waals surface area contributed by atoms with E-state index >= 15 is 0 Å². The summed E-state index contributed by atoms with van der Waals surface area (Å²) in [6.07, 6.45) is 3.63. The lowest BCUT2D eigenvalue weighted by molar-refractivity contribution is -0.384. The van der Waals surface area contributed by atoms with Gasteiger partial charge in [0.25, 0.3) is 5.69 Å². The van der Waals surface area contributed by atoms with E-state index in [9.17, 15) is 14.9 Å². The van der Waals surface area contributed by atoms with Gasteiger partial charge in [-0.15, -0.1) is 0 Å². The van der Waals surface area contributed by atoms with Gasteiger partial charge in [-0.2, -0.15) is 0 Å². The first-order chi connectivity index (χ1) is 9.65. The summed E-state index contributed by atoms with van der Waals surface area (Å²) in [7, 11) is 0. The number of hydrogen-bond acceptors (Lipinski definition) is 4. The van der Waals surface area contributed by atoms with E-state index in [0.717, 1.165) is 12.1 Å². The molecular formula is C14H19N3O3. The summed E-state index contributed by atoms with van der Waals surface area (Å²) in [5.41, 5.74) is 1.07. The minimum atomic E-state index is -0.418. The van der Waals surface area contributed by atoms with E-state index in [1.807, 2.05) is 0 Å². The summed E-state index contributed by atoms with van der Waals surface area (Å²) in [4.78, 5) is 21.6. The lowest BCUT2D eigenvalue weighted by atomic mass is 10.1. The summed E-state index contributed by atoms with van der Waals surface area (Å²) < 4.78 is 0. The number of carbonyl (C=O) groups excluding carboxylic acids is 1. The van der Waals surface area contributed by atoms with Crippen LogP contribution in [0.25, 0.3) is 0 Å². The number of carbonyl (C=O) groups is 1. The van der Waals surface area contributed by atoms with Gasteiger partial charge in [-0.05, 0) is 24.8 Å². The van der Waals surface area contributed by atoms with E-state index in [2.05, 4.69) is 10.6 Å². The molecule has 6 heteroatoms. The van der Waals surface area contributed by atoms with Crippen molar-refractivity contribution in [3.8, 4) is 0 Å². The smallest absolute Gasteiger partial charge is 0.269 e. The number of rotatable bonds is 8. The van der Waals surface area contributed by atoms with Crippen LogP contribution >= 0.6 is 0 Å². The van der Waals surface area contributed by atoms with Crippen LogP contribution in [0.15, 0.2) is 24.3 Å². The van der Waals surface area contributed by atoms with Gasteiger partial charge < -0.3 is 10.6 Å². The third-order valence-electron chi connectivity index (χ3n) is 3.25. The Hall–Kier alpha value is -1.95. The summed E-state index contributed by atoms with van der Waals surface area (Å²) >= 11 is 0. The third-order valence-corrected chi connectivity index (χ3v) is 3.25. The van der Waals surface area contributed by atoms with Gasteiger partial charge in [-0.25, -0.2) is 0 Å². The second kappa shape index (κ2) is 7.00. The Morgan fingerprint density at radius 3 is 2.55 bits per heavy atom. The Kier molecular flexibility index (Phi) is 5.06. The molecule has 108 valence electrons. The zero-order chi connectivity index (χ0) is 14.4. The molecule has 1 amide bonds. The molecule has 1 aliphatic rings. The van der Waals surface area contributed by atoms with Gasteiger partial charge in [-0.3, -0.25) is 14.9 Å². The molecule has 1 aliphatic carbocycles. The molecule has 1 fully saturated rings. The van der Waals surface area contributed by atoms with Crippen molar-refractivity contribution in [2.75, 3.05) is 13.1 Å². The summed E-state index contributed by atoms with van der Waals surface area (Å²) in [5.74, 6) is 0.0417. The molecule has 2 N–H and O–H groups in total. The minimum Gasteiger partial charge on any atom is -0.356 e. The number of hydrogen-bond donors (Lipinski definition) is 2. The first kappa shape index (κ1) is 14.5. The second-order valence-electron chi connectivity index (χ2n) is 5.00. The summed E-state index contributed by atoms with van der Waals surface area (Å²) in [5, 5.41) is 16.6. The largest absolute Gasteiger partial charge is 0.356 e. The van der Waals surface area contributed by atoms with Crippen molar-refractivity contribution in [2.24, 2.45) is 0 Å². The fourth-order valence-corrected chi connectivity index (χ4v) is 1.90. The second-order valence-corrected chi connectivity index (χ2v) is 5.00. The average Bonchev–Trinajstić information content (AvgIpc) is 3.23. The maximum atomic E-state index is 11.5. The highest BCUT2D eigenvalue weighted by Gasteiger charge is 2.19. The number of nitrogens with zero attached hydrogens (tertiary/aromatic N) is 1. The first-order valence-corrected chi connectivity index (χ1v) is 6.88. The number of benzene rings is 1. The van der Waals surface area contributed by atoms with Gasteiger partial charge in [0, 0.05) is 37.7 Å². The van der Waals surface area contributed by atoms with Crippen LogP contribution in [-0.2, 0) is 11.2 Å². The van der Waals surface area contributed by atoms with E-state index in [1.54, 1.807) is 12.1 Å². The van der Waals surface area contributed by atoms with Crippen LogP contribution < -0.4 is 10.6 Å². The topological polar surface area (TPSA) is 84.3 Å². The minimum absolute atomic E-state index is 0.0417. The predicted octanol–water partition coefficient (Wildman–Crippen LogP) is 1.40. The van der Waals surface area contributed by atoms with Crippen molar-refractivity contribution in [2.45, 2.75) is 31.7 Å². The maximum Gasteiger partial charge on any atom is 0.269 e. The van der Waals surface area contributed by atoms with Crippen LogP contribution in [0.5, 0.6) is 0 Å². The van der Waals surface area contributed by atoms with Crippen molar-refractivity contribution in [1.29, 1.82) is 0 Å². The molecule has 1 aromatic carbocycles. The van der Waals surface area contributed by atoms with Gasteiger partial charge in [0.1, 0.15) is 0 Å². The molecule has 0 spiro atoms. The monoisotopic (exact) mass is 277 g/mol. The normalized spacial score (nSPS) is 14.0. The van der Waals surface area contributed by atoms with Crippen LogP contribution in [0.2, 0.25) is 0 Å². The number of amides is 1. The molecule has 0 heterocycles. The number of nitrogens with one attached hydrogen (secondary N) is 2. The van der Waals surface area contributed by atoms with Crippen molar-refractivity contribution < 1.29 is 9.72 Å². The molecule has 0 atom stereocenters. The van der Waals surface area contributed by atoms with E-state index in [-0.39, 0.29) is 11.6 Å². The van der Waals surface area contributed by atoms with Crippen LogP contribution in [0.3, 0.4) is 0 Å². The number of nitro benzene ring substituents is 1. The molecular weight excluding hydrogens is 258 g/mol. The highest BCUT2D eigenvalue weighted by molar-refractivity contribution is 5.76. The zero-order valence-electron chi connectivity index (χ0n) is 11.3. The lowest BCUT2D eigenvalue weighted by Crippen LogP contribution is -2.29.